The molecule has 1 aliphatic heterocycles. The highest BCUT2D eigenvalue weighted by Gasteiger charge is 2.21. The van der Waals surface area contributed by atoms with Gasteiger partial charge in [0.1, 0.15) is 0 Å². The summed E-state index contributed by atoms with van der Waals surface area (Å²) in [6.45, 7) is 1.76. The summed E-state index contributed by atoms with van der Waals surface area (Å²) in [6.07, 6.45) is 1.62. The first kappa shape index (κ1) is 9.39. The van der Waals surface area contributed by atoms with E-state index in [9.17, 15) is 10.1 Å². The first-order chi connectivity index (χ1) is 6.79. The Labute approximate surface area is 85.6 Å². The van der Waals surface area contributed by atoms with E-state index in [2.05, 4.69) is 4.98 Å². The van der Waals surface area contributed by atoms with Crippen molar-refractivity contribution in [3.05, 3.63) is 22.4 Å². The zero-order valence-electron chi connectivity index (χ0n) is 7.60. The highest BCUT2D eigenvalue weighted by Crippen LogP contribution is 2.27. The third-order valence-electron chi connectivity index (χ3n) is 2.23. The van der Waals surface area contributed by atoms with E-state index in [1.165, 1.54) is 6.07 Å². The van der Waals surface area contributed by atoms with Crippen molar-refractivity contribution in [2.75, 3.05) is 29.5 Å². The lowest BCUT2D eigenvalue weighted by Crippen LogP contribution is -2.33. The second-order valence-electron chi connectivity index (χ2n) is 3.07. The summed E-state index contributed by atoms with van der Waals surface area (Å²) in [5, 5.41) is 10.7. The van der Waals surface area contributed by atoms with Crippen LogP contribution < -0.4 is 4.90 Å². The first-order valence-corrected chi connectivity index (χ1v) is 5.59. The third-order valence-corrected chi connectivity index (χ3v) is 3.17. The Morgan fingerprint density at radius 1 is 1.50 bits per heavy atom. The maximum Gasteiger partial charge on any atom is 0.310 e. The smallest absolute Gasteiger partial charge is 0.310 e. The molecule has 1 saturated heterocycles. The molecule has 0 aromatic carbocycles. The van der Waals surface area contributed by atoms with Gasteiger partial charge in [0.25, 0.3) is 0 Å². The summed E-state index contributed by atoms with van der Waals surface area (Å²) in [4.78, 5) is 15.3. The molecule has 14 heavy (non-hydrogen) atoms. The molecule has 0 aliphatic carbocycles. The number of nitrogens with zero attached hydrogens (tertiary/aromatic N) is 2. The molecule has 1 N–H and O–H groups in total. The van der Waals surface area contributed by atoms with Crippen molar-refractivity contribution in [3.63, 3.8) is 0 Å². The average molecular weight is 213 g/mol. The van der Waals surface area contributed by atoms with E-state index < -0.39 is 0 Å². The number of anilines is 1. The van der Waals surface area contributed by atoms with E-state index in [4.69, 9.17) is 0 Å². The standard InChI is InChI=1S/C8H11N3O2S/c12-11(13)7-1-2-9-8(7)10-3-5-14-6-4-10/h1-2,9H,3-6H2. The van der Waals surface area contributed by atoms with E-state index in [-0.39, 0.29) is 10.6 Å². The van der Waals surface area contributed by atoms with Crippen LogP contribution in [-0.2, 0) is 0 Å². The lowest BCUT2D eigenvalue weighted by atomic mass is 10.4. The molecule has 1 aromatic heterocycles. The van der Waals surface area contributed by atoms with Gasteiger partial charge >= 0.3 is 5.69 Å². The minimum Gasteiger partial charge on any atom is -0.351 e. The molecule has 76 valence electrons. The number of aromatic amines is 1. The quantitative estimate of drug-likeness (QED) is 0.597. The van der Waals surface area contributed by atoms with Crippen molar-refractivity contribution in [3.8, 4) is 0 Å². The largest absolute Gasteiger partial charge is 0.351 e. The normalized spacial score (nSPS) is 17.0. The maximum atomic E-state index is 10.7. The molecule has 0 atom stereocenters. The number of hydrogen-bond donors (Lipinski definition) is 1. The molecule has 0 saturated carbocycles. The van der Waals surface area contributed by atoms with Crippen LogP contribution in [0.25, 0.3) is 0 Å². The van der Waals surface area contributed by atoms with Crippen LogP contribution in [0.5, 0.6) is 0 Å². The predicted molar refractivity (Wildman–Crippen MR) is 57.0 cm³/mol. The van der Waals surface area contributed by atoms with E-state index in [0.29, 0.717) is 5.82 Å². The lowest BCUT2D eigenvalue weighted by Gasteiger charge is -2.26. The Bertz CT molecular complexity index is 333. The van der Waals surface area contributed by atoms with Gasteiger partial charge < -0.3 is 9.88 Å². The molecule has 0 unspecified atom stereocenters. The van der Waals surface area contributed by atoms with Crippen LogP contribution >= 0.6 is 11.8 Å². The number of nitrogens with one attached hydrogen (secondary N) is 1. The van der Waals surface area contributed by atoms with Crippen LogP contribution in [-0.4, -0.2) is 34.5 Å². The van der Waals surface area contributed by atoms with Gasteiger partial charge in [-0.1, -0.05) is 0 Å². The zero-order chi connectivity index (χ0) is 9.97. The Kier molecular flexibility index (Phi) is 2.62. The molecule has 1 aliphatic rings. The number of hydrogen-bond acceptors (Lipinski definition) is 4. The lowest BCUT2D eigenvalue weighted by molar-refractivity contribution is -0.384. The number of H-pyrrole nitrogens is 1. The fourth-order valence-electron chi connectivity index (χ4n) is 1.54. The number of aromatic nitrogens is 1. The minimum atomic E-state index is -0.340. The van der Waals surface area contributed by atoms with Crippen LogP contribution in [0.1, 0.15) is 0 Å². The van der Waals surface area contributed by atoms with Crippen LogP contribution in [0.4, 0.5) is 11.5 Å². The molecule has 2 rings (SSSR count). The Hall–Kier alpha value is -1.17. The van der Waals surface area contributed by atoms with Crippen molar-refractivity contribution in [2.45, 2.75) is 0 Å². The topological polar surface area (TPSA) is 62.2 Å². The van der Waals surface area contributed by atoms with Gasteiger partial charge in [0.15, 0.2) is 5.82 Å². The van der Waals surface area contributed by atoms with Gasteiger partial charge in [0.05, 0.1) is 4.92 Å². The highest BCUT2D eigenvalue weighted by atomic mass is 32.2. The summed E-state index contributed by atoms with van der Waals surface area (Å²) in [6, 6.07) is 1.51. The number of rotatable bonds is 2. The SMILES string of the molecule is O=[N+]([O-])c1cc[nH]c1N1CCSCC1. The summed E-state index contributed by atoms with van der Waals surface area (Å²) in [7, 11) is 0. The van der Waals surface area contributed by atoms with Gasteiger partial charge in [-0.15, -0.1) is 0 Å². The van der Waals surface area contributed by atoms with Crippen LogP contribution in [0.3, 0.4) is 0 Å². The summed E-state index contributed by atoms with van der Waals surface area (Å²) < 4.78 is 0. The van der Waals surface area contributed by atoms with Crippen molar-refractivity contribution in [1.29, 1.82) is 0 Å². The van der Waals surface area contributed by atoms with Gasteiger partial charge in [-0.25, -0.2) is 0 Å². The van der Waals surface area contributed by atoms with Crippen molar-refractivity contribution in [1.82, 2.24) is 4.98 Å². The van der Waals surface area contributed by atoms with Crippen LogP contribution in [0.2, 0.25) is 0 Å². The molecule has 0 radical (unpaired) electrons. The molecular weight excluding hydrogens is 202 g/mol. The molecule has 0 spiro atoms. The second-order valence-corrected chi connectivity index (χ2v) is 4.29. The average Bonchev–Trinajstić information content (AvgIpc) is 2.67. The fraction of sp³-hybridized carbons (Fsp3) is 0.500. The van der Waals surface area contributed by atoms with E-state index >= 15 is 0 Å². The van der Waals surface area contributed by atoms with Gasteiger partial charge in [0, 0.05) is 36.9 Å². The fourth-order valence-corrected chi connectivity index (χ4v) is 2.44. The van der Waals surface area contributed by atoms with Crippen LogP contribution in [0, 0.1) is 10.1 Å². The highest BCUT2D eigenvalue weighted by molar-refractivity contribution is 7.99. The van der Waals surface area contributed by atoms with Gasteiger partial charge in [-0.2, -0.15) is 11.8 Å². The monoisotopic (exact) mass is 213 g/mol. The number of nitro groups is 1. The number of thioether (sulfide) groups is 1. The second kappa shape index (κ2) is 3.91. The molecule has 0 amide bonds. The Morgan fingerprint density at radius 3 is 2.86 bits per heavy atom. The van der Waals surface area contributed by atoms with E-state index in [0.717, 1.165) is 24.6 Å². The van der Waals surface area contributed by atoms with E-state index in [1.807, 2.05) is 16.7 Å². The Morgan fingerprint density at radius 2 is 2.21 bits per heavy atom. The van der Waals surface area contributed by atoms with Crippen molar-refractivity contribution < 1.29 is 4.92 Å². The van der Waals surface area contributed by atoms with Gasteiger partial charge in [-0.05, 0) is 0 Å². The van der Waals surface area contributed by atoms with Crippen molar-refractivity contribution in [2.24, 2.45) is 0 Å². The minimum absolute atomic E-state index is 0.178. The molecule has 1 fully saturated rings. The summed E-state index contributed by atoms with van der Waals surface area (Å²) >= 11 is 1.88. The molecule has 6 heteroatoms. The third kappa shape index (κ3) is 1.70. The molecule has 5 nitrogen and oxygen atoms in total. The predicted octanol–water partition coefficient (Wildman–Crippen LogP) is 1.48. The van der Waals surface area contributed by atoms with Gasteiger partial charge in [0.2, 0.25) is 0 Å². The Balaban J connectivity index is 2.21. The van der Waals surface area contributed by atoms with Gasteiger partial charge in [-0.3, -0.25) is 10.1 Å². The molecule has 1 aromatic rings. The maximum absolute atomic E-state index is 10.7. The first-order valence-electron chi connectivity index (χ1n) is 4.43. The van der Waals surface area contributed by atoms with E-state index in [1.54, 1.807) is 6.20 Å². The summed E-state index contributed by atoms with van der Waals surface area (Å²) in [5.41, 5.74) is 0.178. The van der Waals surface area contributed by atoms with Crippen LogP contribution in [0.15, 0.2) is 12.3 Å². The van der Waals surface area contributed by atoms with Crippen molar-refractivity contribution >= 4 is 23.3 Å². The zero-order valence-corrected chi connectivity index (χ0v) is 8.42. The molecule has 2 heterocycles. The molecule has 0 bridgehead atoms. The summed E-state index contributed by atoms with van der Waals surface area (Å²) in [5.74, 6) is 2.72. The molecular formula is C8H11N3O2S.